The summed E-state index contributed by atoms with van der Waals surface area (Å²) in [5, 5.41) is 23.4. The number of anilines is 2. The van der Waals surface area contributed by atoms with Crippen molar-refractivity contribution in [1.29, 1.82) is 0 Å². The molecular formula is C55H84N10O7. The molecule has 0 radical (unpaired) electrons. The molecule has 5 heterocycles. The Morgan fingerprint density at radius 1 is 0.861 bits per heavy atom. The second-order valence-electron chi connectivity index (χ2n) is 20.5. The molecule has 4 N–H and O–H groups in total. The van der Waals surface area contributed by atoms with Gasteiger partial charge in [-0.2, -0.15) is 5.10 Å². The Kier molecular flexibility index (Phi) is 22.2. The van der Waals surface area contributed by atoms with Crippen LogP contribution < -0.4 is 20.9 Å². The van der Waals surface area contributed by atoms with E-state index in [1.807, 2.05) is 23.4 Å². The number of rotatable bonds is 28. The van der Waals surface area contributed by atoms with Crippen LogP contribution in [0.1, 0.15) is 137 Å². The van der Waals surface area contributed by atoms with Crippen molar-refractivity contribution in [2.75, 3.05) is 96.4 Å². The molecule has 0 bridgehead atoms. The van der Waals surface area contributed by atoms with Crippen molar-refractivity contribution in [2.45, 2.75) is 142 Å². The summed E-state index contributed by atoms with van der Waals surface area (Å²) in [5.74, 6) is 1.33. The van der Waals surface area contributed by atoms with Gasteiger partial charge in [0.1, 0.15) is 5.82 Å². The minimum absolute atomic E-state index is 0.0168. The number of fused-ring (bicyclic) bond motifs is 1. The molecule has 3 aliphatic heterocycles. The number of amides is 4. The number of hydrogen-bond donors (Lipinski definition) is 4. The molecule has 1 aromatic carbocycles. The minimum atomic E-state index is -0.231. The molecule has 3 aliphatic rings. The topological polar surface area (TPSA) is 195 Å². The Labute approximate surface area is 428 Å². The Morgan fingerprint density at radius 2 is 1.57 bits per heavy atom. The van der Waals surface area contributed by atoms with E-state index in [2.05, 4.69) is 69.1 Å². The maximum absolute atomic E-state index is 13.4. The number of benzene rings is 1. The number of carbonyl (C=O) groups excluding carboxylic acids is 5. The summed E-state index contributed by atoms with van der Waals surface area (Å²) in [6.07, 6.45) is 12.4. The van der Waals surface area contributed by atoms with Gasteiger partial charge in [-0.1, -0.05) is 18.9 Å². The average molecular weight is 997 g/mol. The highest BCUT2D eigenvalue weighted by molar-refractivity contribution is 5.79. The smallest absolute Gasteiger partial charge is 0.306 e. The number of carbonyl (C=O) groups is 5. The lowest BCUT2D eigenvalue weighted by Crippen LogP contribution is -2.48. The van der Waals surface area contributed by atoms with Crippen molar-refractivity contribution in [2.24, 2.45) is 5.92 Å². The molecule has 6 rings (SSSR count). The number of nitrogens with zero attached hydrogens (tertiary/aromatic N) is 7. The Morgan fingerprint density at radius 3 is 2.26 bits per heavy atom. The van der Waals surface area contributed by atoms with E-state index in [-0.39, 0.29) is 61.0 Å². The van der Waals surface area contributed by atoms with Gasteiger partial charge in [0.15, 0.2) is 0 Å². The zero-order valence-corrected chi connectivity index (χ0v) is 44.0. The van der Waals surface area contributed by atoms with Gasteiger partial charge in [-0.3, -0.25) is 24.0 Å². The van der Waals surface area contributed by atoms with Gasteiger partial charge in [0.25, 0.3) is 0 Å². The number of likely N-dealkylation sites (tertiary alicyclic amines) is 1. The first-order chi connectivity index (χ1) is 34.8. The summed E-state index contributed by atoms with van der Waals surface area (Å²) in [4.78, 5) is 76.6. The number of hydrogen-bond acceptors (Lipinski definition) is 12. The number of aryl methyl sites for hydroxylation is 4. The molecule has 0 aliphatic carbocycles. The number of likely N-dealkylation sites (N-methyl/N-ethyl adjacent to an activating group) is 1. The number of piperazine rings is 1. The first-order valence-electron chi connectivity index (χ1n) is 26.9. The normalized spacial score (nSPS) is 16.7. The van der Waals surface area contributed by atoms with Crippen molar-refractivity contribution in [3.63, 3.8) is 0 Å². The summed E-state index contributed by atoms with van der Waals surface area (Å²) in [7, 11) is 3.17. The standard InChI is InChI=1S/C55H84N10O7/c1-40-32-41(2)65(60-40)49-34-45(46(35-54(71)72-5)38-62-27-23-43(37-62)19-21-47-22-20-44-14-13-26-58-55(44)59-47)33-48(36-49)63-28-30-64(31-29-63)53(70)18-12-16-51(68)57-24-10-6-8-15-50(67)56-25-11-7-9-17-52(69)61(4)42(3)39-66/h20,22,32-34,36,42-43,46,66H,6-19,21,23-31,35,37-39H2,1-5H3,(H,56,67)(H,57,68)(H,58,59). The summed E-state index contributed by atoms with van der Waals surface area (Å²) >= 11 is 0. The SMILES string of the molecule is COC(=O)CC(CN1CCC(CCc2ccc3c(n2)NCCC3)C1)c1cc(N2CCN(C(=O)CCCC(=O)NCCCCCC(=O)NCCCCCC(=O)N(C)C(C)CO)CC2)cc(-n2nc(C)cc2C)c1. The number of aliphatic hydroxyl groups is 1. The third-order valence-corrected chi connectivity index (χ3v) is 14.8. The van der Waals surface area contributed by atoms with Crippen LogP contribution in [0.25, 0.3) is 5.69 Å². The van der Waals surface area contributed by atoms with Crippen LogP contribution >= 0.6 is 0 Å². The molecule has 3 aromatic rings. The van der Waals surface area contributed by atoms with Gasteiger partial charge < -0.3 is 45.4 Å². The van der Waals surface area contributed by atoms with E-state index in [0.29, 0.717) is 70.9 Å². The first kappa shape index (κ1) is 55.8. The highest BCUT2D eigenvalue weighted by atomic mass is 16.5. The molecule has 2 fully saturated rings. The fraction of sp³-hybridized carbons (Fsp3) is 0.655. The van der Waals surface area contributed by atoms with Crippen LogP contribution in [0.5, 0.6) is 0 Å². The molecular weight excluding hydrogens is 913 g/mol. The van der Waals surface area contributed by atoms with Crippen molar-refractivity contribution in [3.05, 3.63) is 64.6 Å². The molecule has 0 saturated carbocycles. The fourth-order valence-corrected chi connectivity index (χ4v) is 10.2. The fourth-order valence-electron chi connectivity index (χ4n) is 10.2. The maximum Gasteiger partial charge on any atom is 0.306 e. The van der Waals surface area contributed by atoms with E-state index in [9.17, 15) is 29.1 Å². The first-order valence-corrected chi connectivity index (χ1v) is 26.9. The van der Waals surface area contributed by atoms with E-state index in [0.717, 1.165) is 137 Å². The van der Waals surface area contributed by atoms with Gasteiger partial charge >= 0.3 is 5.97 Å². The third kappa shape index (κ3) is 17.3. The van der Waals surface area contributed by atoms with E-state index in [1.54, 1.807) is 11.9 Å². The van der Waals surface area contributed by atoms with Crippen molar-refractivity contribution < 1.29 is 33.8 Å². The Bertz CT molecular complexity index is 2240. The van der Waals surface area contributed by atoms with E-state index < -0.39 is 0 Å². The lowest BCUT2D eigenvalue weighted by molar-refractivity contribution is -0.141. The van der Waals surface area contributed by atoms with Gasteiger partial charge in [-0.15, -0.1) is 0 Å². The van der Waals surface area contributed by atoms with E-state index >= 15 is 0 Å². The lowest BCUT2D eigenvalue weighted by Gasteiger charge is -2.37. The number of pyridine rings is 1. The number of unbranched alkanes of at least 4 members (excludes halogenated alkanes) is 4. The molecule has 17 nitrogen and oxygen atoms in total. The summed E-state index contributed by atoms with van der Waals surface area (Å²) in [5.41, 5.74) is 7.47. The largest absolute Gasteiger partial charge is 0.469 e. The van der Waals surface area contributed by atoms with Crippen LogP contribution in [0.2, 0.25) is 0 Å². The van der Waals surface area contributed by atoms with Gasteiger partial charge in [0.05, 0.1) is 37.6 Å². The Balaban J connectivity index is 0.914. The van der Waals surface area contributed by atoms with Gasteiger partial charge in [-0.05, 0) is 139 Å². The van der Waals surface area contributed by atoms with Gasteiger partial charge in [0, 0.05) is 115 Å². The Hall–Kier alpha value is -5.55. The van der Waals surface area contributed by atoms with Crippen LogP contribution in [0, 0.1) is 19.8 Å². The number of methoxy groups -OCH3 is 1. The molecule has 4 amide bonds. The molecule has 2 saturated heterocycles. The van der Waals surface area contributed by atoms with Crippen molar-refractivity contribution in [3.8, 4) is 5.69 Å². The summed E-state index contributed by atoms with van der Waals surface area (Å²) < 4.78 is 7.24. The number of aliphatic hydroxyl groups excluding tert-OH is 1. The van der Waals surface area contributed by atoms with Crippen LogP contribution in [-0.2, 0) is 41.6 Å². The molecule has 3 unspecified atom stereocenters. The second-order valence-corrected chi connectivity index (χ2v) is 20.5. The molecule has 396 valence electrons. The number of nitrogens with one attached hydrogen (secondary N) is 3. The van der Waals surface area contributed by atoms with Crippen molar-refractivity contribution in [1.82, 2.24) is 40.1 Å². The van der Waals surface area contributed by atoms with E-state index in [4.69, 9.17) is 14.8 Å². The van der Waals surface area contributed by atoms with Gasteiger partial charge in [0.2, 0.25) is 23.6 Å². The van der Waals surface area contributed by atoms with Crippen LogP contribution in [0.15, 0.2) is 36.4 Å². The predicted molar refractivity (Wildman–Crippen MR) is 281 cm³/mol. The second kappa shape index (κ2) is 28.6. The third-order valence-electron chi connectivity index (χ3n) is 14.8. The summed E-state index contributed by atoms with van der Waals surface area (Å²) in [6, 6.07) is 12.9. The predicted octanol–water partition coefficient (Wildman–Crippen LogP) is 5.85. The number of ether oxygens (including phenoxy) is 1. The monoisotopic (exact) mass is 997 g/mol. The highest BCUT2D eigenvalue weighted by Crippen LogP contribution is 2.33. The van der Waals surface area contributed by atoms with Gasteiger partial charge in [-0.25, -0.2) is 9.67 Å². The average Bonchev–Trinajstić information content (AvgIpc) is 4.00. The zero-order chi connectivity index (χ0) is 51.4. The molecule has 0 spiro atoms. The zero-order valence-electron chi connectivity index (χ0n) is 44.0. The number of aromatic nitrogens is 3. The number of esters is 1. The maximum atomic E-state index is 13.4. The quantitative estimate of drug-likeness (QED) is 0.0502. The highest BCUT2D eigenvalue weighted by Gasteiger charge is 2.29. The van der Waals surface area contributed by atoms with Crippen molar-refractivity contribution >= 4 is 41.1 Å². The van der Waals surface area contributed by atoms with Crippen LogP contribution in [0.3, 0.4) is 0 Å². The molecule has 17 heteroatoms. The lowest BCUT2D eigenvalue weighted by atomic mass is 9.93. The summed E-state index contributed by atoms with van der Waals surface area (Å²) in [6.45, 7) is 13.1. The van der Waals surface area contributed by atoms with Crippen LogP contribution in [0.4, 0.5) is 11.5 Å². The molecule has 72 heavy (non-hydrogen) atoms. The van der Waals surface area contributed by atoms with Crippen LogP contribution in [-0.4, -0.2) is 156 Å². The minimum Gasteiger partial charge on any atom is -0.469 e. The van der Waals surface area contributed by atoms with E-state index in [1.165, 1.54) is 12.7 Å². The molecule has 3 atom stereocenters. The molecule has 2 aromatic heterocycles.